The molecule has 1 saturated heterocycles. The molecular weight excluding hydrogens is 372 g/mol. The van der Waals surface area contributed by atoms with Gasteiger partial charge in [0.25, 0.3) is 0 Å². The predicted octanol–water partition coefficient (Wildman–Crippen LogP) is 2.72. The molecule has 4 heterocycles. The van der Waals surface area contributed by atoms with Gasteiger partial charge >= 0.3 is 6.09 Å². The Morgan fingerprint density at radius 1 is 1.38 bits per heavy atom. The molecule has 0 bridgehead atoms. The smallest absolute Gasteiger partial charge is 0.411 e. The van der Waals surface area contributed by atoms with Crippen LogP contribution in [0, 0.1) is 11.8 Å². The van der Waals surface area contributed by atoms with E-state index in [1.165, 1.54) is 4.52 Å². The third-order valence-electron chi connectivity index (χ3n) is 4.34. The molecule has 4 rings (SSSR count). The van der Waals surface area contributed by atoms with Crippen LogP contribution in [-0.2, 0) is 4.74 Å². The number of ether oxygens (including phenoxy) is 1. The Bertz CT molecular complexity index is 1100. The first-order chi connectivity index (χ1) is 13.8. The lowest BCUT2D eigenvalue weighted by Gasteiger charge is -2.26. The van der Waals surface area contributed by atoms with E-state index in [-0.39, 0.29) is 18.0 Å². The number of hydrogen-bond donors (Lipinski definition) is 1. The van der Waals surface area contributed by atoms with Gasteiger partial charge in [-0.3, -0.25) is 4.90 Å². The average molecular weight is 394 g/mol. The molecule has 9 heteroatoms. The molecule has 0 unspecified atom stereocenters. The molecule has 2 N–H and O–H groups in total. The van der Waals surface area contributed by atoms with Crippen LogP contribution in [0.25, 0.3) is 17.2 Å². The van der Waals surface area contributed by atoms with Crippen LogP contribution in [0.1, 0.15) is 39.3 Å². The normalized spacial score (nSPS) is 16.7. The number of aromatic nitrogens is 4. The minimum absolute atomic E-state index is 0.220. The Balaban J connectivity index is 1.58. The van der Waals surface area contributed by atoms with Crippen molar-refractivity contribution >= 4 is 17.6 Å². The highest BCUT2D eigenvalue weighted by molar-refractivity contribution is 5.69. The summed E-state index contributed by atoms with van der Waals surface area (Å²) in [5.41, 5.74) is 6.37. The number of amides is 1. The van der Waals surface area contributed by atoms with E-state index in [1.54, 1.807) is 29.5 Å². The summed E-state index contributed by atoms with van der Waals surface area (Å²) in [7, 11) is 0. The van der Waals surface area contributed by atoms with E-state index in [4.69, 9.17) is 14.9 Å². The maximum atomic E-state index is 12.4. The standard InChI is InChI=1S/C20H22N6O3/c1-20(2,3)29-19(27)25-10-4-6-14(25)9-8-13-12-26-18(16(21)22-13)23-17(24-26)15-7-5-11-28-15/h5,7,11-12,14H,4,6,10H2,1-3H3,(H2,21,22)/t14-/m1/s1. The number of nitrogen functional groups attached to an aromatic ring is 1. The molecule has 9 nitrogen and oxygen atoms in total. The molecule has 1 aliphatic rings. The summed E-state index contributed by atoms with van der Waals surface area (Å²) in [5, 5.41) is 4.38. The van der Waals surface area contributed by atoms with Crippen molar-refractivity contribution in [2.45, 2.75) is 45.3 Å². The van der Waals surface area contributed by atoms with Crippen LogP contribution in [0.5, 0.6) is 0 Å². The Hall–Kier alpha value is -3.54. The Morgan fingerprint density at radius 2 is 2.21 bits per heavy atom. The van der Waals surface area contributed by atoms with Gasteiger partial charge in [-0.15, -0.1) is 5.10 Å². The number of hydrogen-bond acceptors (Lipinski definition) is 7. The molecule has 150 valence electrons. The van der Waals surface area contributed by atoms with E-state index >= 15 is 0 Å². The van der Waals surface area contributed by atoms with Crippen molar-refractivity contribution < 1.29 is 13.9 Å². The summed E-state index contributed by atoms with van der Waals surface area (Å²) in [6.07, 6.45) is 4.53. The van der Waals surface area contributed by atoms with Crippen molar-refractivity contribution in [1.82, 2.24) is 24.5 Å². The summed E-state index contributed by atoms with van der Waals surface area (Å²) in [5.74, 6) is 7.31. The van der Waals surface area contributed by atoms with Crippen molar-refractivity contribution in [1.29, 1.82) is 0 Å². The third kappa shape index (κ3) is 4.01. The largest absolute Gasteiger partial charge is 0.461 e. The molecular formula is C20H22N6O3. The van der Waals surface area contributed by atoms with Gasteiger partial charge in [0.1, 0.15) is 11.3 Å². The second kappa shape index (κ2) is 7.13. The number of likely N-dealkylation sites (tertiary alicyclic amines) is 1. The first-order valence-electron chi connectivity index (χ1n) is 9.38. The van der Waals surface area contributed by atoms with E-state index < -0.39 is 5.60 Å². The number of rotatable bonds is 1. The highest BCUT2D eigenvalue weighted by atomic mass is 16.6. The van der Waals surface area contributed by atoms with Crippen LogP contribution in [0.4, 0.5) is 10.6 Å². The maximum Gasteiger partial charge on any atom is 0.411 e. The van der Waals surface area contributed by atoms with Crippen LogP contribution in [-0.4, -0.2) is 48.8 Å². The maximum absolute atomic E-state index is 12.4. The first kappa shape index (κ1) is 18.8. The zero-order valence-corrected chi connectivity index (χ0v) is 16.5. The summed E-state index contributed by atoms with van der Waals surface area (Å²) >= 11 is 0. The minimum atomic E-state index is -0.544. The van der Waals surface area contributed by atoms with Crippen molar-refractivity contribution in [2.75, 3.05) is 12.3 Å². The van der Waals surface area contributed by atoms with Crippen molar-refractivity contribution in [2.24, 2.45) is 0 Å². The van der Waals surface area contributed by atoms with Gasteiger partial charge in [0, 0.05) is 6.54 Å². The fourth-order valence-corrected chi connectivity index (χ4v) is 3.10. The number of anilines is 1. The number of carbonyl (C=O) groups is 1. The molecule has 0 spiro atoms. The number of fused-ring (bicyclic) bond motifs is 1. The Labute approximate surface area is 167 Å². The van der Waals surface area contributed by atoms with Gasteiger partial charge < -0.3 is 14.9 Å². The molecule has 0 aliphatic carbocycles. The van der Waals surface area contributed by atoms with Gasteiger partial charge in [0.05, 0.1) is 18.5 Å². The van der Waals surface area contributed by atoms with E-state index in [9.17, 15) is 4.79 Å². The van der Waals surface area contributed by atoms with E-state index in [2.05, 4.69) is 26.9 Å². The SMILES string of the molecule is CC(C)(C)OC(=O)N1CCC[C@@H]1C#Cc1cn2nc(-c3ccco3)nc2c(N)n1. The van der Waals surface area contributed by atoms with Gasteiger partial charge in [-0.05, 0) is 51.7 Å². The van der Waals surface area contributed by atoms with Crippen LogP contribution in [0.2, 0.25) is 0 Å². The van der Waals surface area contributed by atoms with E-state index in [0.717, 1.165) is 12.8 Å². The highest BCUT2D eigenvalue weighted by Crippen LogP contribution is 2.21. The number of carbonyl (C=O) groups excluding carboxylic acids is 1. The molecule has 0 radical (unpaired) electrons. The van der Waals surface area contributed by atoms with Gasteiger partial charge in [-0.1, -0.05) is 5.92 Å². The van der Waals surface area contributed by atoms with Crippen LogP contribution in [0.15, 0.2) is 29.0 Å². The molecule has 1 aliphatic heterocycles. The van der Waals surface area contributed by atoms with Crippen molar-refractivity contribution in [3.8, 4) is 23.4 Å². The van der Waals surface area contributed by atoms with E-state index in [1.807, 2.05) is 20.8 Å². The lowest BCUT2D eigenvalue weighted by molar-refractivity contribution is 0.0261. The summed E-state index contributed by atoms with van der Waals surface area (Å²) in [4.78, 5) is 22.7. The zero-order valence-electron chi connectivity index (χ0n) is 16.5. The predicted molar refractivity (Wildman–Crippen MR) is 106 cm³/mol. The topological polar surface area (TPSA) is 112 Å². The number of furan rings is 1. The van der Waals surface area contributed by atoms with Gasteiger partial charge in [-0.2, -0.15) is 0 Å². The molecule has 29 heavy (non-hydrogen) atoms. The second-order valence-electron chi connectivity index (χ2n) is 7.79. The minimum Gasteiger partial charge on any atom is -0.461 e. The Morgan fingerprint density at radius 3 is 2.93 bits per heavy atom. The lowest BCUT2D eigenvalue weighted by Crippen LogP contribution is -2.39. The van der Waals surface area contributed by atoms with Crippen molar-refractivity contribution in [3.63, 3.8) is 0 Å². The molecule has 0 saturated carbocycles. The number of nitrogens with zero attached hydrogens (tertiary/aromatic N) is 5. The lowest BCUT2D eigenvalue weighted by atomic mass is 10.2. The van der Waals surface area contributed by atoms with Crippen LogP contribution < -0.4 is 5.73 Å². The van der Waals surface area contributed by atoms with E-state index in [0.29, 0.717) is 29.5 Å². The molecule has 1 amide bonds. The first-order valence-corrected chi connectivity index (χ1v) is 9.38. The molecule has 3 aromatic heterocycles. The summed E-state index contributed by atoms with van der Waals surface area (Å²) < 4.78 is 12.3. The fraction of sp³-hybridized carbons (Fsp3) is 0.400. The monoisotopic (exact) mass is 394 g/mol. The summed E-state index contributed by atoms with van der Waals surface area (Å²) in [6.45, 7) is 6.16. The van der Waals surface area contributed by atoms with Gasteiger partial charge in [-0.25, -0.2) is 19.3 Å². The Kier molecular flexibility index (Phi) is 4.62. The van der Waals surface area contributed by atoms with Crippen LogP contribution in [0.3, 0.4) is 0 Å². The molecule has 3 aromatic rings. The average Bonchev–Trinajstić information content (AvgIpc) is 3.37. The molecule has 0 aromatic carbocycles. The molecule has 1 fully saturated rings. The summed E-state index contributed by atoms with van der Waals surface area (Å²) in [6, 6.07) is 3.31. The molecule has 1 atom stereocenters. The van der Waals surface area contributed by atoms with Crippen molar-refractivity contribution in [3.05, 3.63) is 30.3 Å². The second-order valence-corrected chi connectivity index (χ2v) is 7.79. The zero-order chi connectivity index (χ0) is 20.6. The third-order valence-corrected chi connectivity index (χ3v) is 4.34. The quantitative estimate of drug-likeness (QED) is 0.632. The number of nitrogens with two attached hydrogens (primary N) is 1. The van der Waals surface area contributed by atoms with Gasteiger partial charge in [0.2, 0.25) is 5.82 Å². The van der Waals surface area contributed by atoms with Gasteiger partial charge in [0.15, 0.2) is 17.2 Å². The van der Waals surface area contributed by atoms with Crippen LogP contribution >= 0.6 is 0 Å². The fourth-order valence-electron chi connectivity index (χ4n) is 3.10. The highest BCUT2D eigenvalue weighted by Gasteiger charge is 2.31.